The van der Waals surface area contributed by atoms with Crippen LogP contribution in [0.3, 0.4) is 0 Å². The Kier molecular flexibility index (Phi) is 4.97. The van der Waals surface area contributed by atoms with Crippen LogP contribution in [0.15, 0.2) is 0 Å². The summed E-state index contributed by atoms with van der Waals surface area (Å²) in [6.07, 6.45) is 4.05. The number of hydrogen-bond acceptors (Lipinski definition) is 4. The number of nitrogens with one attached hydrogen (secondary N) is 1. The number of ether oxygens (including phenoxy) is 1. The molecule has 1 saturated carbocycles. The van der Waals surface area contributed by atoms with Crippen molar-refractivity contribution in [1.82, 2.24) is 10.2 Å². The number of carbonyl (C=O) groups is 1. The minimum absolute atomic E-state index is 0.114. The molecule has 0 aromatic carbocycles. The van der Waals surface area contributed by atoms with Gasteiger partial charge in [-0.2, -0.15) is 0 Å². The lowest BCUT2D eigenvalue weighted by Crippen LogP contribution is -2.44. The molecule has 18 heavy (non-hydrogen) atoms. The topological polar surface area (TPSA) is 67.6 Å². The van der Waals surface area contributed by atoms with Gasteiger partial charge in [0.25, 0.3) is 0 Å². The lowest BCUT2D eigenvalue weighted by atomic mass is 9.66. The summed E-state index contributed by atoms with van der Waals surface area (Å²) >= 11 is 0. The number of hydrogen-bond donors (Lipinski definition) is 2. The number of rotatable bonds is 6. The van der Waals surface area contributed by atoms with Crippen molar-refractivity contribution in [3.8, 4) is 0 Å². The van der Waals surface area contributed by atoms with E-state index in [0.29, 0.717) is 13.0 Å². The highest BCUT2D eigenvalue weighted by atomic mass is 16.5. The molecule has 5 nitrogen and oxygen atoms in total. The molecule has 3 N–H and O–H groups in total. The van der Waals surface area contributed by atoms with E-state index in [-0.39, 0.29) is 11.3 Å². The molecule has 104 valence electrons. The minimum Gasteiger partial charge on any atom is -0.379 e. The molecule has 1 saturated heterocycles. The molecule has 1 amide bonds. The Morgan fingerprint density at radius 3 is 2.61 bits per heavy atom. The van der Waals surface area contributed by atoms with Gasteiger partial charge in [0.2, 0.25) is 5.91 Å². The highest BCUT2D eigenvalue weighted by Gasteiger charge is 2.37. The van der Waals surface area contributed by atoms with Gasteiger partial charge in [-0.05, 0) is 24.8 Å². The van der Waals surface area contributed by atoms with E-state index in [2.05, 4.69) is 10.2 Å². The van der Waals surface area contributed by atoms with Crippen molar-refractivity contribution in [2.24, 2.45) is 11.1 Å². The number of nitrogens with zero attached hydrogens (tertiary/aromatic N) is 1. The lowest BCUT2D eigenvalue weighted by molar-refractivity contribution is -0.124. The summed E-state index contributed by atoms with van der Waals surface area (Å²) in [5.41, 5.74) is 5.87. The van der Waals surface area contributed by atoms with Crippen molar-refractivity contribution in [3.63, 3.8) is 0 Å². The fraction of sp³-hybridized carbons (Fsp3) is 0.923. The summed E-state index contributed by atoms with van der Waals surface area (Å²) in [5.74, 6) is 0.161. The van der Waals surface area contributed by atoms with E-state index in [1.807, 2.05) is 0 Å². The third kappa shape index (κ3) is 3.67. The van der Waals surface area contributed by atoms with Crippen molar-refractivity contribution in [1.29, 1.82) is 0 Å². The summed E-state index contributed by atoms with van der Waals surface area (Å²) in [7, 11) is 0. The molecule has 0 bridgehead atoms. The Morgan fingerprint density at radius 1 is 1.33 bits per heavy atom. The first kappa shape index (κ1) is 13.8. The third-order valence-corrected chi connectivity index (χ3v) is 4.24. The third-order valence-electron chi connectivity index (χ3n) is 4.24. The van der Waals surface area contributed by atoms with Crippen LogP contribution >= 0.6 is 0 Å². The molecular formula is C13H25N3O2. The van der Waals surface area contributed by atoms with Crippen molar-refractivity contribution < 1.29 is 9.53 Å². The molecule has 0 radical (unpaired) electrons. The van der Waals surface area contributed by atoms with Crippen LogP contribution in [0.2, 0.25) is 0 Å². The highest BCUT2D eigenvalue weighted by molar-refractivity contribution is 5.76. The number of morpholine rings is 1. The zero-order chi connectivity index (χ0) is 12.8. The maximum atomic E-state index is 11.8. The Bertz CT molecular complexity index is 268. The van der Waals surface area contributed by atoms with Crippen LogP contribution in [0.25, 0.3) is 0 Å². The highest BCUT2D eigenvalue weighted by Crippen LogP contribution is 2.42. The van der Waals surface area contributed by atoms with Gasteiger partial charge in [0, 0.05) is 32.6 Å². The van der Waals surface area contributed by atoms with Crippen LogP contribution in [0.5, 0.6) is 0 Å². The summed E-state index contributed by atoms with van der Waals surface area (Å²) < 4.78 is 5.29. The second-order valence-corrected chi connectivity index (χ2v) is 5.54. The lowest BCUT2D eigenvalue weighted by Gasteiger charge is -2.40. The average molecular weight is 255 g/mol. The molecule has 5 heteroatoms. The molecule has 2 aliphatic rings. The van der Waals surface area contributed by atoms with Gasteiger partial charge in [0.05, 0.1) is 13.2 Å². The fourth-order valence-corrected chi connectivity index (χ4v) is 2.71. The zero-order valence-electron chi connectivity index (χ0n) is 11.1. The van der Waals surface area contributed by atoms with Gasteiger partial charge < -0.3 is 15.8 Å². The summed E-state index contributed by atoms with van der Waals surface area (Å²) in [4.78, 5) is 14.2. The van der Waals surface area contributed by atoms with E-state index >= 15 is 0 Å². The largest absolute Gasteiger partial charge is 0.379 e. The van der Waals surface area contributed by atoms with Gasteiger partial charge in [0.1, 0.15) is 0 Å². The van der Waals surface area contributed by atoms with E-state index in [0.717, 1.165) is 52.2 Å². The van der Waals surface area contributed by atoms with Gasteiger partial charge in [0.15, 0.2) is 0 Å². The van der Waals surface area contributed by atoms with Crippen LogP contribution < -0.4 is 11.1 Å². The van der Waals surface area contributed by atoms with Gasteiger partial charge in [-0.25, -0.2) is 0 Å². The van der Waals surface area contributed by atoms with Crippen molar-refractivity contribution in [2.75, 3.05) is 45.9 Å². The van der Waals surface area contributed by atoms with Crippen molar-refractivity contribution in [3.05, 3.63) is 0 Å². The molecule has 1 heterocycles. The predicted molar refractivity (Wildman–Crippen MR) is 70.2 cm³/mol. The van der Waals surface area contributed by atoms with E-state index in [9.17, 15) is 4.79 Å². The smallest absolute Gasteiger partial charge is 0.220 e. The van der Waals surface area contributed by atoms with E-state index in [4.69, 9.17) is 10.5 Å². The van der Waals surface area contributed by atoms with Crippen LogP contribution in [0, 0.1) is 5.41 Å². The van der Waals surface area contributed by atoms with Gasteiger partial charge in [-0.3, -0.25) is 9.69 Å². The summed E-state index contributed by atoms with van der Waals surface area (Å²) in [6.45, 7) is 5.87. The molecule has 1 aliphatic heterocycles. The van der Waals surface area contributed by atoms with E-state index in [1.54, 1.807) is 0 Å². The Balaban J connectivity index is 1.59. The van der Waals surface area contributed by atoms with E-state index < -0.39 is 0 Å². The molecule has 2 fully saturated rings. The number of nitrogens with two attached hydrogens (primary N) is 1. The van der Waals surface area contributed by atoms with Crippen LogP contribution in [0.4, 0.5) is 0 Å². The first-order chi connectivity index (χ1) is 8.74. The Morgan fingerprint density at radius 2 is 2.06 bits per heavy atom. The molecule has 0 aromatic heterocycles. The Hall–Kier alpha value is -0.650. The molecular weight excluding hydrogens is 230 g/mol. The monoisotopic (exact) mass is 255 g/mol. The first-order valence-corrected chi connectivity index (χ1v) is 7.01. The number of carbonyl (C=O) groups excluding carboxylic acids is 1. The van der Waals surface area contributed by atoms with Crippen molar-refractivity contribution in [2.45, 2.75) is 25.7 Å². The predicted octanol–water partition coefficient (Wildman–Crippen LogP) is -0.0461. The molecule has 0 aromatic rings. The second kappa shape index (κ2) is 6.50. The van der Waals surface area contributed by atoms with Crippen LogP contribution in [0.1, 0.15) is 25.7 Å². The summed E-state index contributed by atoms with van der Waals surface area (Å²) in [6, 6.07) is 0. The molecule has 1 aliphatic carbocycles. The molecule has 0 spiro atoms. The fourth-order valence-electron chi connectivity index (χ4n) is 2.71. The molecule has 0 unspecified atom stereocenters. The normalized spacial score (nSPS) is 23.4. The van der Waals surface area contributed by atoms with Gasteiger partial charge >= 0.3 is 0 Å². The van der Waals surface area contributed by atoms with Gasteiger partial charge in [-0.15, -0.1) is 0 Å². The average Bonchev–Trinajstić information content (AvgIpc) is 2.35. The molecule has 0 atom stereocenters. The van der Waals surface area contributed by atoms with Crippen molar-refractivity contribution >= 4 is 5.91 Å². The molecule has 2 rings (SSSR count). The number of amides is 1. The second-order valence-electron chi connectivity index (χ2n) is 5.54. The Labute approximate surface area is 109 Å². The maximum absolute atomic E-state index is 11.8. The maximum Gasteiger partial charge on any atom is 0.220 e. The SMILES string of the molecule is NCC1(CC(=O)NCCN2CCOCC2)CCC1. The first-order valence-electron chi connectivity index (χ1n) is 7.01. The van der Waals surface area contributed by atoms with Crippen LogP contribution in [-0.4, -0.2) is 56.7 Å². The summed E-state index contributed by atoms with van der Waals surface area (Å²) in [5, 5.41) is 3.01. The zero-order valence-corrected chi connectivity index (χ0v) is 11.1. The van der Waals surface area contributed by atoms with Gasteiger partial charge in [-0.1, -0.05) is 6.42 Å². The standard InChI is InChI=1S/C13H25N3O2/c14-11-13(2-1-3-13)10-12(17)15-4-5-16-6-8-18-9-7-16/h1-11,14H2,(H,15,17). The van der Waals surface area contributed by atoms with Crippen LogP contribution in [-0.2, 0) is 9.53 Å². The quantitative estimate of drug-likeness (QED) is 0.698. The minimum atomic E-state index is 0.114. The van der Waals surface area contributed by atoms with E-state index in [1.165, 1.54) is 6.42 Å².